The number of aryl methyl sites for hydroxylation is 1. The second-order valence-electron chi connectivity index (χ2n) is 7.27. The molecule has 2 aromatic heterocycles. The quantitative estimate of drug-likeness (QED) is 0.314. The molecule has 2 heterocycles. The molecule has 30 heavy (non-hydrogen) atoms. The van der Waals surface area contributed by atoms with Crippen LogP contribution in [0.2, 0.25) is 0 Å². The maximum atomic E-state index is 13.5. The molecule has 0 spiro atoms. The Hall–Kier alpha value is -2.88. The number of para-hydroxylation sites is 1. The third-order valence-corrected chi connectivity index (χ3v) is 6.93. The average molecular weight is 441 g/mol. The van der Waals surface area contributed by atoms with Crippen molar-refractivity contribution in [1.82, 2.24) is 9.88 Å². The number of thiazole rings is 1. The first-order chi connectivity index (χ1) is 14.3. The zero-order chi connectivity index (χ0) is 21.4. The summed E-state index contributed by atoms with van der Waals surface area (Å²) < 4.78 is 1.89. The summed E-state index contributed by atoms with van der Waals surface area (Å²) >= 11 is 2.84. The maximum absolute atomic E-state index is 13.5. The molecular weight excluding hydrogens is 420 g/mol. The number of rotatable bonds is 6. The molecule has 1 amide bonds. The van der Waals surface area contributed by atoms with Crippen LogP contribution in [0.3, 0.4) is 0 Å². The fourth-order valence-electron chi connectivity index (χ4n) is 3.16. The molecule has 0 aliphatic rings. The van der Waals surface area contributed by atoms with Crippen molar-refractivity contribution in [3.8, 4) is 0 Å². The summed E-state index contributed by atoms with van der Waals surface area (Å²) in [7, 11) is 3.92. The van der Waals surface area contributed by atoms with Crippen molar-refractivity contribution in [2.24, 2.45) is 0 Å². The van der Waals surface area contributed by atoms with E-state index in [9.17, 15) is 14.9 Å². The number of nitro groups is 1. The molecule has 0 aliphatic carbocycles. The number of nitrogens with zero attached hydrogens (tertiary/aromatic N) is 4. The van der Waals surface area contributed by atoms with Crippen molar-refractivity contribution in [1.29, 1.82) is 0 Å². The molecule has 0 fully saturated rings. The third-order valence-electron chi connectivity index (χ3n) is 4.78. The predicted molar refractivity (Wildman–Crippen MR) is 123 cm³/mol. The van der Waals surface area contributed by atoms with Gasteiger partial charge in [-0.05, 0) is 44.8 Å². The van der Waals surface area contributed by atoms with Crippen molar-refractivity contribution in [3.63, 3.8) is 0 Å². The van der Waals surface area contributed by atoms with Gasteiger partial charge in [-0.15, -0.1) is 11.3 Å². The van der Waals surface area contributed by atoms with Gasteiger partial charge in [-0.1, -0.05) is 23.5 Å². The van der Waals surface area contributed by atoms with Crippen molar-refractivity contribution in [3.05, 3.63) is 63.0 Å². The number of hydrogen-bond donors (Lipinski definition) is 0. The highest BCUT2D eigenvalue weighted by molar-refractivity contribution is 7.23. The normalized spacial score (nSPS) is 11.5. The molecule has 0 N–H and O–H groups in total. The van der Waals surface area contributed by atoms with E-state index in [1.54, 1.807) is 17.0 Å². The van der Waals surface area contributed by atoms with Gasteiger partial charge in [0.2, 0.25) is 0 Å². The van der Waals surface area contributed by atoms with Crippen molar-refractivity contribution in [2.45, 2.75) is 6.92 Å². The van der Waals surface area contributed by atoms with Crippen LogP contribution in [0.1, 0.15) is 15.2 Å². The summed E-state index contributed by atoms with van der Waals surface area (Å²) in [6.07, 6.45) is 0. The molecule has 7 nitrogen and oxygen atoms in total. The van der Waals surface area contributed by atoms with Gasteiger partial charge in [-0.2, -0.15) is 0 Å². The van der Waals surface area contributed by atoms with Gasteiger partial charge in [0.25, 0.3) is 11.6 Å². The van der Waals surface area contributed by atoms with Gasteiger partial charge >= 0.3 is 0 Å². The maximum Gasteiger partial charge on any atom is 0.270 e. The molecule has 0 saturated carbocycles. The monoisotopic (exact) mass is 440 g/mol. The van der Waals surface area contributed by atoms with Gasteiger partial charge in [-0.3, -0.25) is 19.8 Å². The van der Waals surface area contributed by atoms with Crippen molar-refractivity contribution >= 4 is 59.7 Å². The van der Waals surface area contributed by atoms with Gasteiger partial charge in [0, 0.05) is 35.3 Å². The number of aromatic nitrogens is 1. The summed E-state index contributed by atoms with van der Waals surface area (Å²) in [5.74, 6) is -0.141. The number of likely N-dealkylation sites (N-methyl/N-ethyl adjacent to an activating group) is 1. The lowest BCUT2D eigenvalue weighted by Crippen LogP contribution is -2.36. The first-order valence-electron chi connectivity index (χ1n) is 9.34. The second-order valence-corrected chi connectivity index (χ2v) is 9.36. The van der Waals surface area contributed by atoms with Crippen LogP contribution in [-0.2, 0) is 0 Å². The van der Waals surface area contributed by atoms with Gasteiger partial charge in [0.05, 0.1) is 20.0 Å². The van der Waals surface area contributed by atoms with E-state index in [1.807, 2.05) is 44.1 Å². The predicted octanol–water partition coefficient (Wildman–Crippen LogP) is 4.94. The standard InChI is InChI=1S/C21H20N4O3S2/c1-13-5-4-6-17-19(13)22-21(30-17)24(10-9-23(2)3)20(26)18-12-14-11-15(25(27)28)7-8-16(14)29-18/h4-8,11-12H,9-10H2,1-3H3. The molecular formula is C21H20N4O3S2. The summed E-state index contributed by atoms with van der Waals surface area (Å²) in [4.78, 5) is 33.1. The Labute approximate surface area is 181 Å². The Bertz CT molecular complexity index is 1260. The van der Waals surface area contributed by atoms with Crippen LogP contribution in [0.25, 0.3) is 20.3 Å². The zero-order valence-corrected chi connectivity index (χ0v) is 18.4. The number of benzene rings is 2. The number of carbonyl (C=O) groups excluding carboxylic acids is 1. The van der Waals surface area contributed by atoms with Crippen LogP contribution in [0.5, 0.6) is 0 Å². The van der Waals surface area contributed by atoms with Crippen LogP contribution in [0.4, 0.5) is 10.8 Å². The highest BCUT2D eigenvalue weighted by Gasteiger charge is 2.24. The number of anilines is 1. The molecule has 0 atom stereocenters. The Balaban J connectivity index is 1.74. The summed E-state index contributed by atoms with van der Waals surface area (Å²) in [5, 5.41) is 12.4. The van der Waals surface area contributed by atoms with E-state index in [-0.39, 0.29) is 11.6 Å². The largest absolute Gasteiger partial charge is 0.308 e. The van der Waals surface area contributed by atoms with Crippen LogP contribution in [0, 0.1) is 17.0 Å². The van der Waals surface area contributed by atoms with Gasteiger partial charge in [0.1, 0.15) is 0 Å². The molecule has 4 aromatic rings. The number of fused-ring (bicyclic) bond motifs is 2. The van der Waals surface area contributed by atoms with E-state index in [4.69, 9.17) is 4.98 Å². The Morgan fingerprint density at radius 1 is 1.10 bits per heavy atom. The SMILES string of the molecule is Cc1cccc2sc(N(CCN(C)C)C(=O)c3cc4cc([N+](=O)[O-])ccc4s3)nc12. The first-order valence-corrected chi connectivity index (χ1v) is 11.0. The highest BCUT2D eigenvalue weighted by Crippen LogP contribution is 2.34. The average Bonchev–Trinajstić information content (AvgIpc) is 3.32. The van der Waals surface area contributed by atoms with Crippen LogP contribution in [0.15, 0.2) is 42.5 Å². The number of amides is 1. The smallest absolute Gasteiger partial charge is 0.270 e. The molecule has 2 aromatic carbocycles. The van der Waals surface area contributed by atoms with Crippen molar-refractivity contribution in [2.75, 3.05) is 32.1 Å². The number of hydrogen-bond acceptors (Lipinski definition) is 7. The molecule has 9 heteroatoms. The minimum absolute atomic E-state index is 0.0189. The number of nitro benzene ring substituents is 1. The number of non-ortho nitro benzene ring substituents is 1. The minimum Gasteiger partial charge on any atom is -0.308 e. The molecule has 0 aliphatic heterocycles. The van der Waals surface area contributed by atoms with E-state index in [1.165, 1.54) is 34.8 Å². The van der Waals surface area contributed by atoms with Crippen LogP contribution < -0.4 is 4.90 Å². The third kappa shape index (κ3) is 3.91. The van der Waals surface area contributed by atoms with E-state index >= 15 is 0 Å². The second kappa shape index (κ2) is 8.10. The van der Waals surface area contributed by atoms with E-state index < -0.39 is 4.92 Å². The van der Waals surface area contributed by atoms with Crippen LogP contribution >= 0.6 is 22.7 Å². The lowest BCUT2D eigenvalue weighted by atomic mass is 10.2. The number of carbonyl (C=O) groups is 1. The van der Waals surface area contributed by atoms with E-state index in [0.29, 0.717) is 28.5 Å². The summed E-state index contributed by atoms with van der Waals surface area (Å²) in [6.45, 7) is 3.20. The lowest BCUT2D eigenvalue weighted by Gasteiger charge is -2.21. The fourth-order valence-corrected chi connectivity index (χ4v) is 5.22. The van der Waals surface area contributed by atoms with Gasteiger partial charge in [0.15, 0.2) is 5.13 Å². The summed E-state index contributed by atoms with van der Waals surface area (Å²) in [6, 6.07) is 12.4. The summed E-state index contributed by atoms with van der Waals surface area (Å²) in [5.41, 5.74) is 2.00. The Morgan fingerprint density at radius 2 is 1.90 bits per heavy atom. The fraction of sp³-hybridized carbons (Fsp3) is 0.238. The molecule has 0 saturated heterocycles. The Morgan fingerprint density at radius 3 is 2.60 bits per heavy atom. The molecule has 4 rings (SSSR count). The topological polar surface area (TPSA) is 79.6 Å². The lowest BCUT2D eigenvalue weighted by molar-refractivity contribution is -0.384. The minimum atomic E-state index is -0.425. The molecule has 154 valence electrons. The van der Waals surface area contributed by atoms with Crippen molar-refractivity contribution < 1.29 is 9.72 Å². The van der Waals surface area contributed by atoms with E-state index in [0.717, 1.165) is 20.5 Å². The first kappa shape index (κ1) is 20.4. The number of thiophene rings is 1. The molecule has 0 bridgehead atoms. The van der Waals surface area contributed by atoms with E-state index in [2.05, 4.69) is 0 Å². The van der Waals surface area contributed by atoms with Gasteiger partial charge in [-0.25, -0.2) is 4.98 Å². The van der Waals surface area contributed by atoms with Gasteiger partial charge < -0.3 is 4.90 Å². The molecule has 0 unspecified atom stereocenters. The highest BCUT2D eigenvalue weighted by atomic mass is 32.1. The Kier molecular flexibility index (Phi) is 5.50. The zero-order valence-electron chi connectivity index (χ0n) is 16.8. The van der Waals surface area contributed by atoms with Crippen LogP contribution in [-0.4, -0.2) is 47.9 Å². The molecule has 0 radical (unpaired) electrons.